The molecule has 0 atom stereocenters. The van der Waals surface area contributed by atoms with Crippen LogP contribution in [0.4, 0.5) is 0 Å². The Hall–Kier alpha value is -1.30. The molecule has 2 N–H and O–H groups in total. The number of piperidine rings is 1. The lowest BCUT2D eigenvalue weighted by Crippen LogP contribution is -2.40. The van der Waals surface area contributed by atoms with Crippen LogP contribution >= 0.6 is 0 Å². The van der Waals surface area contributed by atoms with Gasteiger partial charge in [-0.1, -0.05) is 13.3 Å². The van der Waals surface area contributed by atoms with E-state index >= 15 is 0 Å². The minimum Gasteiger partial charge on any atom is -0.381 e. The number of rotatable bonds is 10. The fourth-order valence-electron chi connectivity index (χ4n) is 2.46. The van der Waals surface area contributed by atoms with Crippen molar-refractivity contribution in [2.24, 2.45) is 4.99 Å². The molecule has 6 nitrogen and oxygen atoms in total. The van der Waals surface area contributed by atoms with Gasteiger partial charge in [0.1, 0.15) is 6.54 Å². The van der Waals surface area contributed by atoms with Gasteiger partial charge >= 0.3 is 0 Å². The number of hydrogen-bond donors (Lipinski definition) is 2. The lowest BCUT2D eigenvalue weighted by atomic mass is 10.1. The van der Waals surface area contributed by atoms with E-state index in [1.165, 1.54) is 12.8 Å². The molecule has 0 radical (unpaired) electrons. The zero-order valence-corrected chi connectivity index (χ0v) is 14.9. The third-order valence-corrected chi connectivity index (χ3v) is 3.83. The number of guanidine groups is 1. The Kier molecular flexibility index (Phi) is 11.3. The molecule has 1 heterocycles. The molecule has 1 fully saturated rings. The van der Waals surface area contributed by atoms with E-state index in [4.69, 9.17) is 4.74 Å². The number of aliphatic imine (C=N–C) groups is 1. The molecular weight excluding hydrogens is 292 g/mol. The molecule has 0 aliphatic carbocycles. The van der Waals surface area contributed by atoms with Crippen LogP contribution in [-0.4, -0.2) is 62.7 Å². The summed E-state index contributed by atoms with van der Waals surface area (Å²) in [7, 11) is 0. The fraction of sp³-hybridized carbons (Fsp3) is 0.882. The number of carbonyl (C=O) groups is 1. The van der Waals surface area contributed by atoms with Gasteiger partial charge in [-0.15, -0.1) is 0 Å². The van der Waals surface area contributed by atoms with Crippen LogP contribution in [0.1, 0.15) is 52.4 Å². The summed E-state index contributed by atoms with van der Waals surface area (Å²) in [6.07, 6.45) is 6.69. The number of nitrogens with zero attached hydrogens (tertiary/aromatic N) is 2. The lowest BCUT2D eigenvalue weighted by molar-refractivity contribution is -0.130. The monoisotopic (exact) mass is 326 g/mol. The van der Waals surface area contributed by atoms with Crippen LogP contribution in [0.15, 0.2) is 4.99 Å². The number of amides is 1. The molecular formula is C17H34N4O2. The van der Waals surface area contributed by atoms with Crippen molar-refractivity contribution in [3.8, 4) is 0 Å². The highest BCUT2D eigenvalue weighted by atomic mass is 16.5. The number of likely N-dealkylation sites (tertiary alicyclic amines) is 1. The van der Waals surface area contributed by atoms with Gasteiger partial charge in [0.2, 0.25) is 5.91 Å². The van der Waals surface area contributed by atoms with Gasteiger partial charge < -0.3 is 20.3 Å². The normalized spacial score (nSPS) is 15.6. The first-order chi connectivity index (χ1) is 11.3. The predicted molar refractivity (Wildman–Crippen MR) is 94.8 cm³/mol. The summed E-state index contributed by atoms with van der Waals surface area (Å²) in [5.74, 6) is 0.844. The third-order valence-electron chi connectivity index (χ3n) is 3.83. The van der Waals surface area contributed by atoms with E-state index in [0.717, 1.165) is 65.1 Å². The number of ether oxygens (including phenoxy) is 1. The molecule has 1 aliphatic heterocycles. The van der Waals surface area contributed by atoms with Crippen LogP contribution in [0.3, 0.4) is 0 Å². The summed E-state index contributed by atoms with van der Waals surface area (Å²) in [5, 5.41) is 6.44. The maximum absolute atomic E-state index is 12.1. The molecule has 23 heavy (non-hydrogen) atoms. The Labute approximate surface area is 141 Å². The van der Waals surface area contributed by atoms with E-state index in [9.17, 15) is 4.79 Å². The topological polar surface area (TPSA) is 66.0 Å². The standard InChI is InChI=1S/C17H34N4O2/c1-3-5-13-23-14-9-10-19-17(18-4-2)20-15-16(22)21-11-7-6-8-12-21/h3-15H2,1-2H3,(H2,18,19,20). The first-order valence-electron chi connectivity index (χ1n) is 9.15. The highest BCUT2D eigenvalue weighted by Crippen LogP contribution is 2.08. The summed E-state index contributed by atoms with van der Waals surface area (Å²) in [4.78, 5) is 18.5. The second-order valence-electron chi connectivity index (χ2n) is 5.88. The molecule has 0 bridgehead atoms. The minimum absolute atomic E-state index is 0.129. The van der Waals surface area contributed by atoms with Gasteiger partial charge in [-0.2, -0.15) is 0 Å². The number of unbranched alkanes of at least 4 members (excludes halogenated alkanes) is 1. The quantitative estimate of drug-likeness (QED) is 0.365. The summed E-state index contributed by atoms with van der Waals surface area (Å²) in [5.41, 5.74) is 0. The van der Waals surface area contributed by atoms with Crippen molar-refractivity contribution in [2.45, 2.75) is 52.4 Å². The summed E-state index contributed by atoms with van der Waals surface area (Å²) < 4.78 is 5.53. The Morgan fingerprint density at radius 1 is 1.09 bits per heavy atom. The minimum atomic E-state index is 0.129. The van der Waals surface area contributed by atoms with Gasteiger partial charge in [-0.3, -0.25) is 4.79 Å². The maximum atomic E-state index is 12.1. The zero-order valence-electron chi connectivity index (χ0n) is 14.9. The molecule has 0 unspecified atom stereocenters. The van der Waals surface area contributed by atoms with E-state index in [-0.39, 0.29) is 12.5 Å². The van der Waals surface area contributed by atoms with Crippen molar-refractivity contribution in [3.05, 3.63) is 0 Å². The number of hydrogen-bond acceptors (Lipinski definition) is 3. The van der Waals surface area contributed by atoms with E-state index in [2.05, 4.69) is 22.5 Å². The summed E-state index contributed by atoms with van der Waals surface area (Å²) >= 11 is 0. The molecule has 0 aromatic heterocycles. The second-order valence-corrected chi connectivity index (χ2v) is 5.88. The van der Waals surface area contributed by atoms with Gasteiger partial charge in [0, 0.05) is 39.4 Å². The van der Waals surface area contributed by atoms with Crippen molar-refractivity contribution in [3.63, 3.8) is 0 Å². The van der Waals surface area contributed by atoms with Crippen LogP contribution in [0, 0.1) is 0 Å². The van der Waals surface area contributed by atoms with Gasteiger partial charge in [0.05, 0.1) is 0 Å². The van der Waals surface area contributed by atoms with Crippen LogP contribution in [0.25, 0.3) is 0 Å². The molecule has 6 heteroatoms. The van der Waals surface area contributed by atoms with E-state index in [1.54, 1.807) is 0 Å². The Bertz CT molecular complexity index is 341. The summed E-state index contributed by atoms with van der Waals surface area (Å²) in [6.45, 7) is 9.37. The molecule has 0 saturated carbocycles. The molecule has 1 amide bonds. The molecule has 134 valence electrons. The van der Waals surface area contributed by atoms with Crippen molar-refractivity contribution < 1.29 is 9.53 Å². The number of nitrogens with one attached hydrogen (secondary N) is 2. The van der Waals surface area contributed by atoms with Crippen LogP contribution in [0.2, 0.25) is 0 Å². The van der Waals surface area contributed by atoms with Crippen molar-refractivity contribution in [1.82, 2.24) is 15.5 Å². The van der Waals surface area contributed by atoms with Crippen LogP contribution in [-0.2, 0) is 9.53 Å². The van der Waals surface area contributed by atoms with Crippen LogP contribution in [0.5, 0.6) is 0 Å². The summed E-state index contributed by atoms with van der Waals surface area (Å²) in [6, 6.07) is 0. The molecule has 0 aromatic carbocycles. The predicted octanol–water partition coefficient (Wildman–Crippen LogP) is 1.76. The van der Waals surface area contributed by atoms with E-state index in [0.29, 0.717) is 5.96 Å². The van der Waals surface area contributed by atoms with Crippen molar-refractivity contribution >= 4 is 11.9 Å². The first-order valence-corrected chi connectivity index (χ1v) is 9.15. The lowest BCUT2D eigenvalue weighted by Gasteiger charge is -2.26. The SMILES string of the molecule is CCCCOCCCNC(=NCC(=O)N1CCCCC1)NCC. The molecule has 1 aliphatic rings. The van der Waals surface area contributed by atoms with Gasteiger partial charge in [0.15, 0.2) is 5.96 Å². The van der Waals surface area contributed by atoms with Crippen LogP contribution < -0.4 is 10.6 Å². The third kappa shape index (κ3) is 9.43. The number of carbonyl (C=O) groups excluding carboxylic acids is 1. The highest BCUT2D eigenvalue weighted by molar-refractivity contribution is 5.84. The largest absolute Gasteiger partial charge is 0.381 e. The van der Waals surface area contributed by atoms with Gasteiger partial charge in [-0.25, -0.2) is 4.99 Å². The Morgan fingerprint density at radius 2 is 1.83 bits per heavy atom. The molecule has 0 aromatic rings. The molecule has 0 spiro atoms. The Balaban J connectivity index is 2.22. The highest BCUT2D eigenvalue weighted by Gasteiger charge is 2.15. The van der Waals surface area contributed by atoms with Gasteiger partial charge in [-0.05, 0) is 39.0 Å². The average molecular weight is 326 g/mol. The average Bonchev–Trinajstić information content (AvgIpc) is 2.59. The first kappa shape index (κ1) is 19.7. The second kappa shape index (κ2) is 13.2. The van der Waals surface area contributed by atoms with E-state index in [1.807, 2.05) is 11.8 Å². The fourth-order valence-corrected chi connectivity index (χ4v) is 2.46. The smallest absolute Gasteiger partial charge is 0.244 e. The molecule has 1 saturated heterocycles. The molecule has 1 rings (SSSR count). The van der Waals surface area contributed by atoms with E-state index < -0.39 is 0 Å². The van der Waals surface area contributed by atoms with Crippen molar-refractivity contribution in [2.75, 3.05) is 45.9 Å². The van der Waals surface area contributed by atoms with Gasteiger partial charge in [0.25, 0.3) is 0 Å². The Morgan fingerprint density at radius 3 is 2.52 bits per heavy atom. The zero-order chi connectivity index (χ0) is 16.8. The van der Waals surface area contributed by atoms with Crippen molar-refractivity contribution in [1.29, 1.82) is 0 Å². The maximum Gasteiger partial charge on any atom is 0.244 e.